The third kappa shape index (κ3) is 7.63. The zero-order chi connectivity index (χ0) is 35.5. The first-order valence-electron chi connectivity index (χ1n) is 15.9. The van der Waals surface area contributed by atoms with Crippen molar-refractivity contribution >= 4 is 47.4 Å². The van der Waals surface area contributed by atoms with Crippen molar-refractivity contribution in [3.63, 3.8) is 0 Å². The summed E-state index contributed by atoms with van der Waals surface area (Å²) in [5.41, 5.74) is 5.69. The van der Waals surface area contributed by atoms with Crippen LogP contribution in [0.2, 0.25) is 0 Å². The summed E-state index contributed by atoms with van der Waals surface area (Å²) >= 11 is 0. The van der Waals surface area contributed by atoms with E-state index in [0.717, 1.165) is 17.7 Å². The van der Waals surface area contributed by atoms with Crippen LogP contribution in [0.25, 0.3) is 21.9 Å². The first-order chi connectivity index (χ1) is 22.8. The molecule has 264 valence electrons. The van der Waals surface area contributed by atoms with Crippen molar-refractivity contribution in [2.24, 2.45) is 11.1 Å². The second kappa shape index (κ2) is 12.4. The number of phosphoric ester groups is 1. The number of nitrogens with zero attached hydrogens (tertiary/aromatic N) is 6. The summed E-state index contributed by atoms with van der Waals surface area (Å²) in [5.74, 6) is 0.823. The lowest BCUT2D eigenvalue weighted by Crippen LogP contribution is -2.30. The number of carbonyl (C=O) groups is 1. The number of anilines is 2. The molecule has 15 nitrogen and oxygen atoms in total. The lowest BCUT2D eigenvalue weighted by molar-refractivity contribution is -0.0275. The monoisotopic (exact) mass is 700 g/mol. The van der Waals surface area contributed by atoms with E-state index in [9.17, 15) is 9.36 Å². The highest BCUT2D eigenvalue weighted by Crippen LogP contribution is 2.55. The van der Waals surface area contributed by atoms with Crippen LogP contribution >= 0.6 is 7.82 Å². The van der Waals surface area contributed by atoms with E-state index in [1.807, 2.05) is 0 Å². The molecule has 1 saturated heterocycles. The van der Waals surface area contributed by atoms with Crippen LogP contribution in [-0.4, -0.2) is 75.2 Å². The van der Waals surface area contributed by atoms with Crippen molar-refractivity contribution in [2.45, 2.75) is 78.6 Å². The largest absolute Gasteiger partial charge is 0.478 e. The topological polar surface area (TPSA) is 180 Å². The summed E-state index contributed by atoms with van der Waals surface area (Å²) in [4.78, 5) is 37.4. The molecular formula is C32H42FN8O7P. The van der Waals surface area contributed by atoms with Crippen LogP contribution in [0, 0.1) is 18.2 Å². The third-order valence-corrected chi connectivity index (χ3v) is 10.1. The van der Waals surface area contributed by atoms with E-state index in [0.29, 0.717) is 52.4 Å². The standard InChI is InChI=1S/C32H42FN8O7P/c1-18-35-13-20(14-36-18)46-28-38-26-24(27(39-28)41-15-23(34)32(16-41)9-10-32)21-11-19(33)12-22(25(21)37-26)40(8)29(42)44-17-45-49(43,47-30(2,3)4)48-31(5,6)7/h11-14,23H,9-10,15-17,34H2,1-8H3,(H,37,38,39)/t23-/m0/s1. The molecule has 1 spiro atoms. The van der Waals surface area contributed by atoms with Crippen molar-refractivity contribution in [2.75, 3.05) is 36.7 Å². The number of amides is 1. The molecule has 4 heterocycles. The molecule has 49 heavy (non-hydrogen) atoms. The Bertz CT molecular complexity index is 1920. The highest BCUT2D eigenvalue weighted by molar-refractivity contribution is 7.48. The van der Waals surface area contributed by atoms with Gasteiger partial charge in [0.25, 0.3) is 0 Å². The van der Waals surface area contributed by atoms with E-state index in [1.54, 1.807) is 48.5 Å². The lowest BCUT2D eigenvalue weighted by Gasteiger charge is -2.30. The molecule has 1 atom stereocenters. The highest BCUT2D eigenvalue weighted by Gasteiger charge is 2.54. The maximum Gasteiger partial charge on any atom is 0.478 e. The number of hydrogen-bond donors (Lipinski definition) is 2. The molecule has 1 aliphatic carbocycles. The predicted octanol–water partition coefficient (Wildman–Crippen LogP) is 6.35. The Labute approximate surface area is 283 Å². The van der Waals surface area contributed by atoms with Gasteiger partial charge < -0.3 is 25.1 Å². The minimum Gasteiger partial charge on any atom is -0.421 e. The van der Waals surface area contributed by atoms with E-state index in [-0.39, 0.29) is 23.2 Å². The Balaban J connectivity index is 1.33. The van der Waals surface area contributed by atoms with Gasteiger partial charge in [-0.25, -0.2) is 28.2 Å². The Morgan fingerprint density at radius 2 is 1.78 bits per heavy atom. The summed E-state index contributed by atoms with van der Waals surface area (Å²) in [6, 6.07) is 2.52. The van der Waals surface area contributed by atoms with Gasteiger partial charge >= 0.3 is 19.9 Å². The number of aromatic nitrogens is 5. The first kappa shape index (κ1) is 34.9. The molecular weight excluding hydrogens is 658 g/mol. The third-order valence-electron chi connectivity index (χ3n) is 8.13. The molecule has 4 aromatic rings. The smallest absolute Gasteiger partial charge is 0.421 e. The molecule has 1 aromatic carbocycles. The van der Waals surface area contributed by atoms with E-state index in [2.05, 4.69) is 24.8 Å². The SMILES string of the molecule is Cc1ncc(Oc2nc(N3C[C@H](N)C4(CC4)C3)c3c(n2)[nH]c2c(N(C)C(=O)OCOP(=O)(OC(C)(C)C)OC(C)(C)C)cc(F)cc23)cn1. The number of rotatable bonds is 9. The van der Waals surface area contributed by atoms with Crippen LogP contribution in [-0.2, 0) is 22.9 Å². The van der Waals surface area contributed by atoms with Gasteiger partial charge in [-0.15, -0.1) is 0 Å². The molecule has 1 amide bonds. The number of aryl methyl sites for hydroxylation is 1. The number of carbonyl (C=O) groups excluding carboxylic acids is 1. The van der Waals surface area contributed by atoms with E-state index >= 15 is 4.39 Å². The number of halogens is 1. The van der Waals surface area contributed by atoms with Gasteiger partial charge in [0.1, 0.15) is 23.1 Å². The number of fused-ring (bicyclic) bond motifs is 3. The Kier molecular flexibility index (Phi) is 8.85. The molecule has 1 aliphatic heterocycles. The summed E-state index contributed by atoms with van der Waals surface area (Å²) < 4.78 is 56.5. The van der Waals surface area contributed by atoms with Crippen LogP contribution in [0.5, 0.6) is 11.8 Å². The van der Waals surface area contributed by atoms with Crippen molar-refractivity contribution < 1.29 is 36.8 Å². The number of aromatic amines is 1. The predicted molar refractivity (Wildman–Crippen MR) is 180 cm³/mol. The van der Waals surface area contributed by atoms with Crippen molar-refractivity contribution in [1.82, 2.24) is 24.9 Å². The summed E-state index contributed by atoms with van der Waals surface area (Å²) in [7, 11) is -2.75. The second-order valence-corrected chi connectivity index (χ2v) is 16.0. The Hall–Kier alpha value is -3.95. The van der Waals surface area contributed by atoms with Crippen molar-refractivity contribution in [3.05, 3.63) is 36.2 Å². The summed E-state index contributed by atoms with van der Waals surface area (Å²) in [5, 5.41) is 0.978. The average molecular weight is 701 g/mol. The summed E-state index contributed by atoms with van der Waals surface area (Å²) in [6.45, 7) is 12.4. The van der Waals surface area contributed by atoms with Gasteiger partial charge in [0, 0.05) is 37.0 Å². The Morgan fingerprint density at radius 1 is 1.12 bits per heavy atom. The lowest BCUT2D eigenvalue weighted by atomic mass is 10.0. The van der Waals surface area contributed by atoms with Crippen LogP contribution < -0.4 is 20.3 Å². The highest BCUT2D eigenvalue weighted by atomic mass is 31.2. The number of ether oxygens (including phenoxy) is 2. The molecule has 2 aliphatic rings. The molecule has 3 N–H and O–H groups in total. The van der Waals surface area contributed by atoms with E-state index in [4.69, 9.17) is 33.8 Å². The molecule has 0 unspecified atom stereocenters. The van der Waals surface area contributed by atoms with Crippen LogP contribution in [0.1, 0.15) is 60.2 Å². The minimum atomic E-state index is -4.16. The normalized spacial score (nSPS) is 17.7. The number of phosphoric acid groups is 1. The van der Waals surface area contributed by atoms with Crippen molar-refractivity contribution in [1.29, 1.82) is 0 Å². The number of H-pyrrole nitrogens is 1. The van der Waals surface area contributed by atoms with Crippen LogP contribution in [0.3, 0.4) is 0 Å². The zero-order valence-electron chi connectivity index (χ0n) is 28.9. The van der Waals surface area contributed by atoms with Gasteiger partial charge in [-0.1, -0.05) is 0 Å². The fourth-order valence-corrected chi connectivity index (χ4v) is 7.47. The van der Waals surface area contributed by atoms with Gasteiger partial charge in [0.2, 0.25) is 6.79 Å². The molecule has 17 heteroatoms. The van der Waals surface area contributed by atoms with Crippen molar-refractivity contribution in [3.8, 4) is 11.8 Å². The molecule has 0 radical (unpaired) electrons. The van der Waals surface area contributed by atoms with Gasteiger partial charge in [0.15, 0.2) is 5.75 Å². The van der Waals surface area contributed by atoms with Crippen LogP contribution in [0.4, 0.5) is 20.7 Å². The average Bonchev–Trinajstić information content (AvgIpc) is 3.57. The second-order valence-electron chi connectivity index (χ2n) is 14.5. The van der Waals surface area contributed by atoms with Gasteiger partial charge in [-0.2, -0.15) is 9.97 Å². The first-order valence-corrected chi connectivity index (χ1v) is 17.4. The number of nitrogens with one attached hydrogen (secondary N) is 1. The van der Waals surface area contributed by atoms with Gasteiger partial charge in [-0.05, 0) is 73.4 Å². The number of benzene rings is 1. The number of nitrogens with two attached hydrogens (primary N) is 1. The molecule has 3 aromatic heterocycles. The van der Waals surface area contributed by atoms with Crippen LogP contribution in [0.15, 0.2) is 24.5 Å². The van der Waals surface area contributed by atoms with E-state index < -0.39 is 37.7 Å². The molecule has 0 bridgehead atoms. The molecule has 6 rings (SSSR count). The maximum absolute atomic E-state index is 15.4. The molecule has 1 saturated carbocycles. The zero-order valence-corrected chi connectivity index (χ0v) is 29.8. The number of hydrogen-bond acceptors (Lipinski definition) is 13. The summed E-state index contributed by atoms with van der Waals surface area (Å²) in [6.07, 6.45) is 4.16. The minimum absolute atomic E-state index is 0.0114. The van der Waals surface area contributed by atoms with Gasteiger partial charge in [-0.3, -0.25) is 13.9 Å². The van der Waals surface area contributed by atoms with Gasteiger partial charge in [0.05, 0.1) is 40.2 Å². The molecule has 2 fully saturated rings. The fourth-order valence-electron chi connectivity index (χ4n) is 5.81. The fraction of sp³-hybridized carbons (Fsp3) is 0.531. The maximum atomic E-state index is 15.4. The quantitative estimate of drug-likeness (QED) is 0.146. The Morgan fingerprint density at radius 3 is 2.37 bits per heavy atom. The van der Waals surface area contributed by atoms with E-state index in [1.165, 1.54) is 31.6 Å².